The monoisotopic (exact) mass is 277 g/mol. The van der Waals surface area contributed by atoms with Gasteiger partial charge in [-0.2, -0.15) is 0 Å². The summed E-state index contributed by atoms with van der Waals surface area (Å²) in [6, 6.07) is 0.117. The summed E-state index contributed by atoms with van der Waals surface area (Å²) in [6.45, 7) is 3.09. The van der Waals surface area contributed by atoms with Gasteiger partial charge in [0.05, 0.1) is 12.9 Å². The quantitative estimate of drug-likeness (QED) is 0.870. The molecule has 5 heteroatoms. The Hall–Kier alpha value is -1.36. The van der Waals surface area contributed by atoms with Crippen LogP contribution in [0.1, 0.15) is 38.3 Å². The van der Waals surface area contributed by atoms with Crippen LogP contribution in [-0.2, 0) is 17.8 Å². The van der Waals surface area contributed by atoms with E-state index in [0.29, 0.717) is 0 Å². The van der Waals surface area contributed by atoms with E-state index in [1.807, 2.05) is 12.5 Å². The van der Waals surface area contributed by atoms with Crippen LogP contribution in [0.15, 0.2) is 12.5 Å². The first-order valence-electron chi connectivity index (χ1n) is 7.52. The van der Waals surface area contributed by atoms with Crippen molar-refractivity contribution in [3.63, 3.8) is 0 Å². The van der Waals surface area contributed by atoms with Crippen molar-refractivity contribution in [2.45, 2.75) is 51.6 Å². The molecule has 1 aromatic heterocycles. The molecule has 2 N–H and O–H groups in total. The molecule has 1 aliphatic heterocycles. The lowest BCUT2D eigenvalue weighted by atomic mass is 9.85. The minimum atomic E-state index is -0.147. The van der Waals surface area contributed by atoms with Gasteiger partial charge >= 0.3 is 0 Å². The second kappa shape index (κ2) is 5.20. The summed E-state index contributed by atoms with van der Waals surface area (Å²) in [6.07, 6.45) is 8.39. The van der Waals surface area contributed by atoms with Crippen LogP contribution in [0.5, 0.6) is 0 Å². The SMILES string of the molecule is CC1(CO)CCCC1NC(=O)C1CCn2cncc2C1. The molecule has 3 unspecified atom stereocenters. The molecule has 0 bridgehead atoms. The lowest BCUT2D eigenvalue weighted by Gasteiger charge is -2.32. The molecule has 0 saturated heterocycles. The maximum absolute atomic E-state index is 12.5. The van der Waals surface area contributed by atoms with Gasteiger partial charge < -0.3 is 15.0 Å². The van der Waals surface area contributed by atoms with E-state index in [-0.39, 0.29) is 29.9 Å². The number of aromatic nitrogens is 2. The normalized spacial score (nSPS) is 32.9. The number of nitrogens with zero attached hydrogens (tertiary/aromatic N) is 2. The van der Waals surface area contributed by atoms with E-state index in [4.69, 9.17) is 0 Å². The number of hydrogen-bond acceptors (Lipinski definition) is 3. The van der Waals surface area contributed by atoms with Crippen molar-refractivity contribution in [2.24, 2.45) is 11.3 Å². The number of nitrogens with one attached hydrogen (secondary N) is 1. The zero-order valence-corrected chi connectivity index (χ0v) is 12.0. The van der Waals surface area contributed by atoms with Crippen molar-refractivity contribution < 1.29 is 9.90 Å². The molecule has 1 saturated carbocycles. The van der Waals surface area contributed by atoms with Gasteiger partial charge in [0.15, 0.2) is 0 Å². The molecule has 1 aromatic rings. The maximum Gasteiger partial charge on any atom is 0.223 e. The fraction of sp³-hybridized carbons (Fsp3) is 0.733. The summed E-state index contributed by atoms with van der Waals surface area (Å²) in [5.41, 5.74) is 0.999. The van der Waals surface area contributed by atoms with E-state index in [1.165, 1.54) is 0 Å². The molecule has 3 rings (SSSR count). The molecule has 3 atom stereocenters. The number of amides is 1. The average Bonchev–Trinajstić information content (AvgIpc) is 3.05. The standard InChI is InChI=1S/C15H23N3O2/c1-15(9-19)5-2-3-13(15)17-14(20)11-4-6-18-10-16-8-12(18)7-11/h8,10-11,13,19H,2-7,9H2,1H3,(H,17,20). The van der Waals surface area contributed by atoms with Crippen molar-refractivity contribution in [1.82, 2.24) is 14.9 Å². The van der Waals surface area contributed by atoms with Gasteiger partial charge in [-0.05, 0) is 19.3 Å². The molecule has 5 nitrogen and oxygen atoms in total. The summed E-state index contributed by atoms with van der Waals surface area (Å²) < 4.78 is 2.12. The summed E-state index contributed by atoms with van der Waals surface area (Å²) >= 11 is 0. The highest BCUT2D eigenvalue weighted by atomic mass is 16.3. The Morgan fingerprint density at radius 1 is 1.60 bits per heavy atom. The first-order chi connectivity index (χ1) is 9.62. The topological polar surface area (TPSA) is 67.2 Å². The Morgan fingerprint density at radius 2 is 2.45 bits per heavy atom. The Labute approximate surface area is 119 Å². The van der Waals surface area contributed by atoms with Crippen LogP contribution >= 0.6 is 0 Å². The van der Waals surface area contributed by atoms with Crippen LogP contribution < -0.4 is 5.32 Å². The minimum Gasteiger partial charge on any atom is -0.396 e. The summed E-state index contributed by atoms with van der Waals surface area (Å²) in [5.74, 6) is 0.187. The smallest absolute Gasteiger partial charge is 0.223 e. The van der Waals surface area contributed by atoms with Crippen molar-refractivity contribution >= 4 is 5.91 Å². The number of carbonyl (C=O) groups excluding carboxylic acids is 1. The Bertz CT molecular complexity index is 499. The molecule has 0 radical (unpaired) electrons. The Kier molecular flexibility index (Phi) is 3.54. The number of imidazole rings is 1. The average molecular weight is 277 g/mol. The van der Waals surface area contributed by atoms with Gasteiger partial charge in [0.2, 0.25) is 5.91 Å². The van der Waals surface area contributed by atoms with E-state index in [9.17, 15) is 9.90 Å². The summed E-state index contributed by atoms with van der Waals surface area (Å²) in [4.78, 5) is 16.6. The van der Waals surface area contributed by atoms with Gasteiger partial charge in [-0.1, -0.05) is 13.3 Å². The predicted molar refractivity (Wildman–Crippen MR) is 75.0 cm³/mol. The van der Waals surface area contributed by atoms with E-state index < -0.39 is 0 Å². The summed E-state index contributed by atoms with van der Waals surface area (Å²) in [5, 5.41) is 12.7. The second-order valence-electron chi connectivity index (χ2n) is 6.53. The number of carbonyl (C=O) groups is 1. The molecule has 1 fully saturated rings. The van der Waals surface area contributed by atoms with Crippen LogP contribution in [0.4, 0.5) is 0 Å². The molecular weight excluding hydrogens is 254 g/mol. The van der Waals surface area contributed by atoms with Gasteiger partial charge in [0.1, 0.15) is 0 Å². The third-order valence-electron chi connectivity index (χ3n) is 5.10. The molecule has 110 valence electrons. The number of fused-ring (bicyclic) bond motifs is 1. The summed E-state index contributed by atoms with van der Waals surface area (Å²) in [7, 11) is 0. The second-order valence-corrected chi connectivity index (χ2v) is 6.53. The van der Waals surface area contributed by atoms with Crippen molar-refractivity contribution in [1.29, 1.82) is 0 Å². The van der Waals surface area contributed by atoms with Crippen LogP contribution in [0, 0.1) is 11.3 Å². The zero-order valence-electron chi connectivity index (χ0n) is 12.0. The van der Waals surface area contributed by atoms with Gasteiger partial charge in [-0.25, -0.2) is 4.98 Å². The molecule has 2 heterocycles. The zero-order chi connectivity index (χ0) is 14.2. The highest BCUT2D eigenvalue weighted by Gasteiger charge is 2.40. The maximum atomic E-state index is 12.5. The van der Waals surface area contributed by atoms with Crippen LogP contribution in [-0.4, -0.2) is 33.2 Å². The number of aliphatic hydroxyl groups excluding tert-OH is 1. The van der Waals surface area contributed by atoms with Crippen molar-refractivity contribution in [2.75, 3.05) is 6.61 Å². The fourth-order valence-corrected chi connectivity index (χ4v) is 3.55. The van der Waals surface area contributed by atoms with Gasteiger partial charge in [0, 0.05) is 42.2 Å². The number of hydrogen-bond donors (Lipinski definition) is 2. The van der Waals surface area contributed by atoms with Crippen molar-refractivity contribution in [3.8, 4) is 0 Å². The van der Waals surface area contributed by atoms with E-state index >= 15 is 0 Å². The highest BCUT2D eigenvalue weighted by Crippen LogP contribution is 2.37. The number of rotatable bonds is 3. The lowest BCUT2D eigenvalue weighted by Crippen LogP contribution is -2.47. The van der Waals surface area contributed by atoms with E-state index in [1.54, 1.807) is 0 Å². The van der Waals surface area contributed by atoms with E-state index in [0.717, 1.165) is 44.3 Å². The Morgan fingerprint density at radius 3 is 3.25 bits per heavy atom. The minimum absolute atomic E-state index is 0.0442. The number of aliphatic hydroxyl groups is 1. The molecular formula is C15H23N3O2. The first kappa shape index (κ1) is 13.6. The van der Waals surface area contributed by atoms with Crippen LogP contribution in [0.2, 0.25) is 0 Å². The Balaban J connectivity index is 1.63. The largest absolute Gasteiger partial charge is 0.396 e. The van der Waals surface area contributed by atoms with Gasteiger partial charge in [0.25, 0.3) is 0 Å². The first-order valence-corrected chi connectivity index (χ1v) is 7.52. The van der Waals surface area contributed by atoms with Gasteiger partial charge in [-0.3, -0.25) is 4.79 Å². The van der Waals surface area contributed by atoms with E-state index in [2.05, 4.69) is 21.8 Å². The fourth-order valence-electron chi connectivity index (χ4n) is 3.55. The molecule has 20 heavy (non-hydrogen) atoms. The predicted octanol–water partition coefficient (Wildman–Crippen LogP) is 1.11. The molecule has 0 spiro atoms. The molecule has 2 aliphatic rings. The molecule has 1 amide bonds. The van der Waals surface area contributed by atoms with Crippen LogP contribution in [0.25, 0.3) is 0 Å². The third-order valence-corrected chi connectivity index (χ3v) is 5.10. The molecule has 0 aromatic carbocycles. The van der Waals surface area contributed by atoms with Gasteiger partial charge in [-0.15, -0.1) is 0 Å². The van der Waals surface area contributed by atoms with Crippen molar-refractivity contribution in [3.05, 3.63) is 18.2 Å². The van der Waals surface area contributed by atoms with Crippen LogP contribution in [0.3, 0.4) is 0 Å². The number of aryl methyl sites for hydroxylation is 1. The third kappa shape index (κ3) is 2.35. The highest BCUT2D eigenvalue weighted by molar-refractivity contribution is 5.79. The molecule has 1 aliphatic carbocycles. The lowest BCUT2D eigenvalue weighted by molar-refractivity contribution is -0.127.